The number of fused-ring (bicyclic) bond motifs is 1. The normalized spacial score (nSPS) is 10.8. The van der Waals surface area contributed by atoms with Gasteiger partial charge in [0.1, 0.15) is 4.92 Å². The number of aromatic amines is 1. The van der Waals surface area contributed by atoms with Gasteiger partial charge >= 0.3 is 5.88 Å². The lowest BCUT2D eigenvalue weighted by molar-refractivity contribution is -0.402. The van der Waals surface area contributed by atoms with Crippen molar-refractivity contribution < 1.29 is 14.1 Å². The van der Waals surface area contributed by atoms with E-state index in [4.69, 9.17) is 16.0 Å². The third-order valence-corrected chi connectivity index (χ3v) is 3.12. The van der Waals surface area contributed by atoms with Crippen molar-refractivity contribution in [1.82, 2.24) is 4.98 Å². The number of H-pyrrole nitrogens is 1. The zero-order valence-electron chi connectivity index (χ0n) is 9.92. The molecule has 0 radical (unpaired) electrons. The number of hydrogen-bond donors (Lipinski definition) is 1. The molecule has 3 rings (SSSR count). The highest BCUT2D eigenvalue weighted by Crippen LogP contribution is 2.25. The quantitative estimate of drug-likeness (QED) is 0.454. The summed E-state index contributed by atoms with van der Waals surface area (Å²) in [7, 11) is 0. The van der Waals surface area contributed by atoms with Crippen LogP contribution in [-0.2, 0) is 0 Å². The van der Waals surface area contributed by atoms with Gasteiger partial charge in [0.25, 0.3) is 0 Å². The summed E-state index contributed by atoms with van der Waals surface area (Å²) in [5.41, 5.74) is 1.09. The highest BCUT2D eigenvalue weighted by Gasteiger charge is 2.21. The topological polar surface area (TPSA) is 89.1 Å². The van der Waals surface area contributed by atoms with Crippen molar-refractivity contribution >= 4 is 34.2 Å². The van der Waals surface area contributed by atoms with Crippen LogP contribution in [0.5, 0.6) is 0 Å². The van der Waals surface area contributed by atoms with E-state index >= 15 is 0 Å². The molecule has 1 aromatic carbocycles. The third kappa shape index (κ3) is 1.96. The van der Waals surface area contributed by atoms with Crippen LogP contribution in [-0.4, -0.2) is 15.7 Å². The van der Waals surface area contributed by atoms with Crippen molar-refractivity contribution in [1.29, 1.82) is 0 Å². The van der Waals surface area contributed by atoms with Gasteiger partial charge in [0.15, 0.2) is 5.76 Å². The van der Waals surface area contributed by atoms with E-state index in [9.17, 15) is 14.9 Å². The lowest BCUT2D eigenvalue weighted by atomic mass is 10.1. The molecule has 0 atom stereocenters. The number of nitrogens with one attached hydrogen (secondary N) is 1. The summed E-state index contributed by atoms with van der Waals surface area (Å²) in [6.45, 7) is 0. The number of halogens is 1. The fraction of sp³-hybridized carbons (Fsp3) is 0. The van der Waals surface area contributed by atoms with Crippen molar-refractivity contribution in [3.8, 4) is 0 Å². The first kappa shape index (κ1) is 12.4. The fourth-order valence-corrected chi connectivity index (χ4v) is 2.14. The Labute approximate surface area is 117 Å². The Kier molecular flexibility index (Phi) is 2.80. The van der Waals surface area contributed by atoms with Crippen LogP contribution in [0.1, 0.15) is 16.1 Å². The van der Waals surface area contributed by atoms with E-state index in [1.807, 2.05) is 0 Å². The van der Waals surface area contributed by atoms with E-state index in [0.29, 0.717) is 21.5 Å². The number of nitrogens with zero attached hydrogens (tertiary/aromatic N) is 1. The number of rotatable bonds is 3. The molecule has 0 bridgehead atoms. The van der Waals surface area contributed by atoms with Crippen molar-refractivity contribution in [2.24, 2.45) is 0 Å². The van der Waals surface area contributed by atoms with E-state index in [2.05, 4.69) is 4.98 Å². The van der Waals surface area contributed by atoms with Gasteiger partial charge in [0.2, 0.25) is 5.78 Å². The lowest BCUT2D eigenvalue weighted by Gasteiger charge is -1.96. The zero-order valence-corrected chi connectivity index (χ0v) is 10.7. The van der Waals surface area contributed by atoms with Crippen molar-refractivity contribution in [2.75, 3.05) is 0 Å². The zero-order chi connectivity index (χ0) is 14.3. The highest BCUT2D eigenvalue weighted by atomic mass is 35.5. The second-order valence-electron chi connectivity index (χ2n) is 4.12. The average molecular weight is 291 g/mol. The maximum atomic E-state index is 12.3. The summed E-state index contributed by atoms with van der Waals surface area (Å²) in [4.78, 5) is 25.1. The van der Waals surface area contributed by atoms with Crippen molar-refractivity contribution in [2.45, 2.75) is 0 Å². The Morgan fingerprint density at radius 1 is 1.30 bits per heavy atom. The Morgan fingerprint density at radius 2 is 2.10 bits per heavy atom. The van der Waals surface area contributed by atoms with Crippen LogP contribution in [0.25, 0.3) is 10.9 Å². The first-order valence-electron chi connectivity index (χ1n) is 5.62. The van der Waals surface area contributed by atoms with Crippen LogP contribution in [0.2, 0.25) is 5.02 Å². The van der Waals surface area contributed by atoms with Crippen molar-refractivity contribution in [3.05, 3.63) is 63.0 Å². The molecule has 0 amide bonds. The molecule has 0 unspecified atom stereocenters. The number of nitro groups is 1. The molecule has 1 N–H and O–H groups in total. The smallest absolute Gasteiger partial charge is 0.397 e. The molecule has 2 heterocycles. The maximum absolute atomic E-state index is 12.3. The molecule has 2 aromatic heterocycles. The van der Waals surface area contributed by atoms with E-state index in [0.717, 1.165) is 6.07 Å². The second-order valence-corrected chi connectivity index (χ2v) is 4.55. The summed E-state index contributed by atoms with van der Waals surface area (Å²) in [6.07, 6.45) is 1.53. The van der Waals surface area contributed by atoms with Gasteiger partial charge in [-0.25, -0.2) is 0 Å². The molecule has 0 saturated carbocycles. The summed E-state index contributed by atoms with van der Waals surface area (Å²) in [5, 5.41) is 11.8. The minimum absolute atomic E-state index is 0.0763. The van der Waals surface area contributed by atoms with E-state index in [1.54, 1.807) is 18.2 Å². The number of carbonyl (C=O) groups is 1. The number of ketones is 1. The third-order valence-electron chi connectivity index (χ3n) is 2.88. The van der Waals surface area contributed by atoms with Crippen LogP contribution in [0, 0.1) is 10.1 Å². The molecule has 0 spiro atoms. The average Bonchev–Trinajstić information content (AvgIpc) is 3.04. The standard InChI is InChI=1S/C13H7ClN2O4/c14-7-1-2-8-9(6-15-10(8)5-7)13(17)11-3-4-12(20-11)16(18)19/h1-6,15H. The van der Waals surface area contributed by atoms with Gasteiger partial charge in [0, 0.05) is 22.1 Å². The highest BCUT2D eigenvalue weighted by molar-refractivity contribution is 6.31. The van der Waals surface area contributed by atoms with Crippen LogP contribution in [0.15, 0.2) is 40.9 Å². The molecular formula is C13H7ClN2O4. The Morgan fingerprint density at radius 3 is 2.80 bits per heavy atom. The molecule has 0 saturated heterocycles. The summed E-state index contributed by atoms with van der Waals surface area (Å²) in [6, 6.07) is 7.50. The molecule has 0 aliphatic rings. The predicted molar refractivity (Wildman–Crippen MR) is 72.1 cm³/mol. The van der Waals surface area contributed by atoms with Gasteiger partial charge in [-0.05, 0) is 18.2 Å². The van der Waals surface area contributed by atoms with E-state index < -0.39 is 16.6 Å². The molecule has 0 fully saturated rings. The number of carbonyl (C=O) groups excluding carboxylic acids is 1. The number of furan rings is 1. The molecule has 0 aliphatic carbocycles. The minimum Gasteiger partial charge on any atom is -0.397 e. The minimum atomic E-state index is -0.689. The van der Waals surface area contributed by atoms with Crippen LogP contribution in [0.4, 0.5) is 5.88 Å². The molecule has 7 heteroatoms. The van der Waals surface area contributed by atoms with E-state index in [1.165, 1.54) is 12.3 Å². The van der Waals surface area contributed by atoms with Crippen LogP contribution >= 0.6 is 11.6 Å². The van der Waals surface area contributed by atoms with Gasteiger partial charge in [-0.3, -0.25) is 14.9 Å². The Hall–Kier alpha value is -2.60. The van der Waals surface area contributed by atoms with Gasteiger partial charge in [-0.2, -0.15) is 0 Å². The van der Waals surface area contributed by atoms with Crippen LogP contribution in [0.3, 0.4) is 0 Å². The number of benzene rings is 1. The molecule has 0 aliphatic heterocycles. The fourth-order valence-electron chi connectivity index (χ4n) is 1.97. The maximum Gasteiger partial charge on any atom is 0.433 e. The van der Waals surface area contributed by atoms with Gasteiger partial charge in [0.05, 0.1) is 11.6 Å². The molecule has 20 heavy (non-hydrogen) atoms. The summed E-state index contributed by atoms with van der Waals surface area (Å²) >= 11 is 5.86. The second kappa shape index (κ2) is 4.50. The summed E-state index contributed by atoms with van der Waals surface area (Å²) in [5.74, 6) is -0.963. The number of hydrogen-bond acceptors (Lipinski definition) is 4. The Bertz CT molecular complexity index is 834. The molecule has 6 nitrogen and oxygen atoms in total. The first-order chi connectivity index (χ1) is 9.56. The first-order valence-corrected chi connectivity index (χ1v) is 5.99. The molecular weight excluding hydrogens is 284 g/mol. The van der Waals surface area contributed by atoms with Crippen LogP contribution < -0.4 is 0 Å². The SMILES string of the molecule is O=C(c1ccc([N+](=O)[O-])o1)c1c[nH]c2cc(Cl)ccc12. The van der Waals surface area contributed by atoms with E-state index in [-0.39, 0.29) is 5.76 Å². The monoisotopic (exact) mass is 290 g/mol. The number of aromatic nitrogens is 1. The molecule has 100 valence electrons. The van der Waals surface area contributed by atoms with Gasteiger partial charge < -0.3 is 9.40 Å². The largest absolute Gasteiger partial charge is 0.433 e. The Balaban J connectivity index is 2.05. The van der Waals surface area contributed by atoms with Gasteiger partial charge in [-0.1, -0.05) is 17.7 Å². The van der Waals surface area contributed by atoms with Gasteiger partial charge in [-0.15, -0.1) is 0 Å². The molecule has 3 aromatic rings. The predicted octanol–water partition coefficient (Wildman–Crippen LogP) is 3.55. The van der Waals surface area contributed by atoms with Crippen molar-refractivity contribution in [3.63, 3.8) is 0 Å². The summed E-state index contributed by atoms with van der Waals surface area (Å²) < 4.78 is 4.91. The lowest BCUT2D eigenvalue weighted by Crippen LogP contribution is -1.98.